The van der Waals surface area contributed by atoms with Gasteiger partial charge in [-0.05, 0) is 11.6 Å². The number of nitro groups is 1. The first-order valence-electron chi connectivity index (χ1n) is 5.61. The molecule has 0 amide bonds. The molecule has 0 radical (unpaired) electrons. The van der Waals surface area contributed by atoms with E-state index in [4.69, 9.17) is 10.5 Å². The molecule has 2 N–H and O–H groups in total. The van der Waals surface area contributed by atoms with Gasteiger partial charge in [0.1, 0.15) is 5.75 Å². The summed E-state index contributed by atoms with van der Waals surface area (Å²) < 4.78 is 6.71. The molecule has 1 aromatic heterocycles. The second-order valence-electron chi connectivity index (χ2n) is 3.98. The highest BCUT2D eigenvalue weighted by Crippen LogP contribution is 2.27. The number of anilines is 1. The highest BCUT2D eigenvalue weighted by molar-refractivity contribution is 7.98. The molecule has 0 spiro atoms. The first-order valence-corrected chi connectivity index (χ1v) is 6.60. The Morgan fingerprint density at radius 1 is 1.45 bits per heavy atom. The molecule has 106 valence electrons. The molecular weight excluding hydrogens is 282 g/mol. The second kappa shape index (κ2) is 5.78. The fraction of sp³-hybridized carbons (Fsp3) is 0.273. The number of rotatable bonds is 5. The molecule has 0 fully saturated rings. The van der Waals surface area contributed by atoms with Crippen molar-refractivity contribution in [2.24, 2.45) is 7.05 Å². The van der Waals surface area contributed by atoms with Crippen molar-refractivity contribution in [3.63, 3.8) is 0 Å². The summed E-state index contributed by atoms with van der Waals surface area (Å²) >= 11 is 1.39. The molecule has 0 atom stereocenters. The van der Waals surface area contributed by atoms with Gasteiger partial charge < -0.3 is 10.5 Å². The monoisotopic (exact) mass is 295 g/mol. The number of nitrogen functional groups attached to an aromatic ring is 1. The van der Waals surface area contributed by atoms with Crippen LogP contribution >= 0.6 is 11.8 Å². The first-order chi connectivity index (χ1) is 9.51. The van der Waals surface area contributed by atoms with Crippen LogP contribution in [0, 0.1) is 10.1 Å². The Hall–Kier alpha value is -2.29. The summed E-state index contributed by atoms with van der Waals surface area (Å²) in [7, 11) is 3.23. The van der Waals surface area contributed by atoms with E-state index in [-0.39, 0.29) is 5.69 Å². The number of nitro benzene ring substituents is 1. The van der Waals surface area contributed by atoms with Gasteiger partial charge in [-0.3, -0.25) is 14.7 Å². The molecule has 8 nitrogen and oxygen atoms in total. The number of nitrogens with two attached hydrogens (primary N) is 1. The SMILES string of the molecule is COc1cc(CSc2nnc(N)n2C)cc([N+](=O)[O-])c1. The van der Waals surface area contributed by atoms with E-state index in [0.29, 0.717) is 22.6 Å². The average molecular weight is 295 g/mol. The van der Waals surface area contributed by atoms with Crippen LogP contribution < -0.4 is 10.5 Å². The zero-order valence-electron chi connectivity index (χ0n) is 10.9. The van der Waals surface area contributed by atoms with Crippen LogP contribution in [0.1, 0.15) is 5.56 Å². The van der Waals surface area contributed by atoms with Crippen molar-refractivity contribution in [2.45, 2.75) is 10.9 Å². The molecule has 20 heavy (non-hydrogen) atoms. The molecule has 0 aliphatic rings. The average Bonchev–Trinajstić information content (AvgIpc) is 2.76. The predicted molar refractivity (Wildman–Crippen MR) is 74.6 cm³/mol. The normalized spacial score (nSPS) is 10.5. The Morgan fingerprint density at radius 3 is 2.75 bits per heavy atom. The Bertz CT molecular complexity index is 643. The van der Waals surface area contributed by atoms with Gasteiger partial charge in [-0.1, -0.05) is 11.8 Å². The second-order valence-corrected chi connectivity index (χ2v) is 4.93. The zero-order chi connectivity index (χ0) is 14.7. The third kappa shape index (κ3) is 2.99. The first kappa shape index (κ1) is 14.1. The maximum atomic E-state index is 10.9. The van der Waals surface area contributed by atoms with E-state index in [9.17, 15) is 10.1 Å². The van der Waals surface area contributed by atoms with Gasteiger partial charge in [0.15, 0.2) is 5.16 Å². The molecule has 9 heteroatoms. The number of methoxy groups -OCH3 is 1. The number of nitrogens with zero attached hydrogens (tertiary/aromatic N) is 4. The maximum Gasteiger partial charge on any atom is 0.273 e. The molecule has 0 aliphatic heterocycles. The van der Waals surface area contributed by atoms with E-state index >= 15 is 0 Å². The van der Waals surface area contributed by atoms with E-state index in [1.807, 2.05) is 0 Å². The van der Waals surface area contributed by atoms with Gasteiger partial charge in [0, 0.05) is 18.9 Å². The van der Waals surface area contributed by atoms with E-state index in [0.717, 1.165) is 5.56 Å². The Labute approximate surface area is 119 Å². The molecule has 0 bridgehead atoms. The third-order valence-corrected chi connectivity index (χ3v) is 3.73. The molecule has 1 aromatic carbocycles. The lowest BCUT2D eigenvalue weighted by molar-refractivity contribution is -0.385. The fourth-order valence-corrected chi connectivity index (χ4v) is 2.40. The molecule has 0 saturated heterocycles. The van der Waals surface area contributed by atoms with Crippen molar-refractivity contribution in [1.29, 1.82) is 0 Å². The van der Waals surface area contributed by atoms with Gasteiger partial charge in [0.2, 0.25) is 5.95 Å². The van der Waals surface area contributed by atoms with Crippen LogP contribution in [-0.2, 0) is 12.8 Å². The predicted octanol–water partition coefficient (Wildman–Crippen LogP) is 1.61. The number of hydrogen-bond donors (Lipinski definition) is 1. The Balaban J connectivity index is 2.18. The summed E-state index contributed by atoms with van der Waals surface area (Å²) in [5.74, 6) is 1.28. The van der Waals surface area contributed by atoms with Crippen molar-refractivity contribution in [3.05, 3.63) is 33.9 Å². The highest BCUT2D eigenvalue weighted by atomic mass is 32.2. The van der Waals surface area contributed by atoms with E-state index in [2.05, 4.69) is 10.2 Å². The molecule has 0 saturated carbocycles. The van der Waals surface area contributed by atoms with Crippen molar-refractivity contribution in [3.8, 4) is 5.75 Å². The number of non-ortho nitro benzene ring substituents is 1. The lowest BCUT2D eigenvalue weighted by atomic mass is 10.2. The van der Waals surface area contributed by atoms with Crippen LogP contribution in [0.25, 0.3) is 0 Å². The third-order valence-electron chi connectivity index (χ3n) is 2.63. The van der Waals surface area contributed by atoms with E-state index < -0.39 is 4.92 Å². The topological polar surface area (TPSA) is 109 Å². The highest BCUT2D eigenvalue weighted by Gasteiger charge is 2.12. The number of thioether (sulfide) groups is 1. The number of benzene rings is 1. The van der Waals surface area contributed by atoms with Gasteiger partial charge in [-0.25, -0.2) is 0 Å². The van der Waals surface area contributed by atoms with Crippen LogP contribution in [0.15, 0.2) is 23.4 Å². The van der Waals surface area contributed by atoms with Crippen LogP contribution in [0.5, 0.6) is 5.75 Å². The standard InChI is InChI=1S/C11H13N5O3S/c1-15-10(12)13-14-11(15)20-6-7-3-8(16(17)18)5-9(4-7)19-2/h3-5H,6H2,1-2H3,(H2,12,13). The van der Waals surface area contributed by atoms with Crippen LogP contribution in [0.3, 0.4) is 0 Å². The van der Waals surface area contributed by atoms with Gasteiger partial charge in [-0.15, -0.1) is 10.2 Å². The summed E-state index contributed by atoms with van der Waals surface area (Å²) in [5, 5.41) is 19.2. The summed E-state index contributed by atoms with van der Waals surface area (Å²) in [6.07, 6.45) is 0. The molecule has 0 unspecified atom stereocenters. The van der Waals surface area contributed by atoms with Gasteiger partial charge >= 0.3 is 0 Å². The van der Waals surface area contributed by atoms with Gasteiger partial charge in [0.05, 0.1) is 18.1 Å². The summed E-state index contributed by atoms with van der Waals surface area (Å²) in [4.78, 5) is 10.4. The van der Waals surface area contributed by atoms with Crippen LogP contribution in [0.2, 0.25) is 0 Å². The van der Waals surface area contributed by atoms with E-state index in [1.54, 1.807) is 17.7 Å². The van der Waals surface area contributed by atoms with Crippen LogP contribution in [0.4, 0.5) is 11.6 Å². The maximum absolute atomic E-state index is 10.9. The minimum absolute atomic E-state index is 0.00238. The fourth-order valence-electron chi connectivity index (χ4n) is 1.55. The molecule has 0 aliphatic carbocycles. The molecular formula is C11H13N5O3S. The summed E-state index contributed by atoms with van der Waals surface area (Å²) in [6.45, 7) is 0. The Kier molecular flexibility index (Phi) is 4.08. The minimum atomic E-state index is -0.447. The largest absolute Gasteiger partial charge is 0.496 e. The lowest BCUT2D eigenvalue weighted by Gasteiger charge is -2.05. The quantitative estimate of drug-likeness (QED) is 0.507. The summed E-state index contributed by atoms with van der Waals surface area (Å²) in [5.41, 5.74) is 6.35. The molecule has 1 heterocycles. The molecule has 2 aromatic rings. The van der Waals surface area contributed by atoms with Crippen molar-refractivity contribution < 1.29 is 9.66 Å². The summed E-state index contributed by atoms with van der Waals surface area (Å²) in [6, 6.07) is 4.64. The zero-order valence-corrected chi connectivity index (χ0v) is 11.8. The van der Waals surface area contributed by atoms with Gasteiger partial charge in [0.25, 0.3) is 5.69 Å². The van der Waals surface area contributed by atoms with Crippen LogP contribution in [-0.4, -0.2) is 26.8 Å². The molecule has 2 rings (SSSR count). The minimum Gasteiger partial charge on any atom is -0.496 e. The number of ether oxygens (including phenoxy) is 1. The smallest absolute Gasteiger partial charge is 0.273 e. The van der Waals surface area contributed by atoms with Crippen molar-refractivity contribution in [2.75, 3.05) is 12.8 Å². The van der Waals surface area contributed by atoms with Crippen molar-refractivity contribution >= 4 is 23.4 Å². The van der Waals surface area contributed by atoms with Crippen molar-refractivity contribution in [1.82, 2.24) is 14.8 Å². The lowest BCUT2D eigenvalue weighted by Crippen LogP contribution is -1.98. The number of aromatic nitrogens is 3. The van der Waals surface area contributed by atoms with Gasteiger partial charge in [-0.2, -0.15) is 0 Å². The number of hydrogen-bond acceptors (Lipinski definition) is 7. The Morgan fingerprint density at radius 2 is 2.20 bits per heavy atom. The van der Waals surface area contributed by atoms with E-state index in [1.165, 1.54) is 31.0 Å².